The highest BCUT2D eigenvalue weighted by molar-refractivity contribution is 6.01. The molecule has 10 nitrogen and oxygen atoms in total. The summed E-state index contributed by atoms with van der Waals surface area (Å²) in [7, 11) is 3.53. The lowest BCUT2D eigenvalue weighted by molar-refractivity contribution is -0.384. The number of non-ortho nitro benzene ring substituents is 1. The van der Waals surface area contributed by atoms with E-state index < -0.39 is 4.92 Å². The molecular weight excluding hydrogens is 362 g/mol. The molecule has 0 spiro atoms. The molecule has 1 saturated heterocycles. The fourth-order valence-electron chi connectivity index (χ4n) is 3.37. The van der Waals surface area contributed by atoms with Gasteiger partial charge in [-0.2, -0.15) is 5.10 Å². The van der Waals surface area contributed by atoms with E-state index in [1.807, 2.05) is 11.0 Å². The van der Waals surface area contributed by atoms with Crippen LogP contribution in [0.1, 0.15) is 0 Å². The maximum Gasteiger partial charge on any atom is 0.269 e. The lowest BCUT2D eigenvalue weighted by Crippen LogP contribution is -2.48. The number of amides is 1. The van der Waals surface area contributed by atoms with E-state index in [9.17, 15) is 14.9 Å². The minimum Gasteiger partial charge on any atom is -0.382 e. The van der Waals surface area contributed by atoms with Crippen LogP contribution in [0.4, 0.5) is 17.3 Å². The van der Waals surface area contributed by atoms with Crippen LogP contribution in [0, 0.1) is 10.1 Å². The monoisotopic (exact) mass is 381 g/mol. The SMILES string of the molecule is CN1CCN(c2cc(-c3ccc([N+](=O)[O-])cc3)c3c(N)nn(C)c3n2)CC1=O. The Morgan fingerprint density at radius 3 is 2.54 bits per heavy atom. The van der Waals surface area contributed by atoms with Gasteiger partial charge in [-0.3, -0.25) is 14.9 Å². The van der Waals surface area contributed by atoms with Crippen LogP contribution in [0.25, 0.3) is 22.2 Å². The fourth-order valence-corrected chi connectivity index (χ4v) is 3.37. The van der Waals surface area contributed by atoms with E-state index in [2.05, 4.69) is 10.1 Å². The second-order valence-electron chi connectivity index (χ2n) is 6.78. The number of nitro benzene ring substituents is 1. The number of nitro groups is 1. The van der Waals surface area contributed by atoms with Gasteiger partial charge in [0.2, 0.25) is 5.91 Å². The lowest BCUT2D eigenvalue weighted by atomic mass is 10.0. The third kappa shape index (κ3) is 2.88. The summed E-state index contributed by atoms with van der Waals surface area (Å²) in [5.41, 5.74) is 8.25. The highest BCUT2D eigenvalue weighted by Crippen LogP contribution is 2.35. The van der Waals surface area contributed by atoms with Crippen molar-refractivity contribution >= 4 is 34.3 Å². The van der Waals surface area contributed by atoms with Crippen molar-refractivity contribution in [3.8, 4) is 11.1 Å². The number of rotatable bonds is 3. The van der Waals surface area contributed by atoms with Crippen molar-refractivity contribution in [2.75, 3.05) is 37.3 Å². The standard InChI is InChI=1S/C18H19N7O3/c1-22-7-8-24(10-15(22)26)14-9-13(11-3-5-12(6-4-11)25(27)28)16-17(19)21-23(2)18(16)20-14/h3-6,9H,7-8,10H2,1-2H3,(H2,19,21). The van der Waals surface area contributed by atoms with Gasteiger partial charge in [0.25, 0.3) is 5.69 Å². The quantitative estimate of drug-likeness (QED) is 0.537. The third-order valence-electron chi connectivity index (χ3n) is 4.98. The average molecular weight is 381 g/mol. The number of pyridine rings is 1. The molecule has 4 rings (SSSR count). The Hall–Kier alpha value is -3.69. The molecule has 0 unspecified atom stereocenters. The molecule has 1 fully saturated rings. The van der Waals surface area contributed by atoms with E-state index in [0.717, 1.165) is 11.1 Å². The number of aryl methyl sites for hydroxylation is 1. The van der Waals surface area contributed by atoms with Crippen LogP contribution in [-0.2, 0) is 11.8 Å². The highest BCUT2D eigenvalue weighted by Gasteiger charge is 2.24. The summed E-state index contributed by atoms with van der Waals surface area (Å²) in [6.45, 7) is 1.51. The summed E-state index contributed by atoms with van der Waals surface area (Å²) >= 11 is 0. The van der Waals surface area contributed by atoms with Crippen molar-refractivity contribution in [1.82, 2.24) is 19.7 Å². The van der Waals surface area contributed by atoms with Crippen molar-refractivity contribution in [2.24, 2.45) is 7.05 Å². The van der Waals surface area contributed by atoms with Gasteiger partial charge in [-0.25, -0.2) is 9.67 Å². The number of benzene rings is 1. The molecule has 2 aromatic heterocycles. The number of aromatic nitrogens is 3. The van der Waals surface area contributed by atoms with Crippen molar-refractivity contribution in [3.05, 3.63) is 40.4 Å². The predicted molar refractivity (Wildman–Crippen MR) is 105 cm³/mol. The Morgan fingerprint density at radius 2 is 1.89 bits per heavy atom. The Labute approximate surface area is 160 Å². The number of carbonyl (C=O) groups excluding carboxylic acids is 1. The Kier molecular flexibility index (Phi) is 4.10. The molecule has 3 heterocycles. The van der Waals surface area contributed by atoms with E-state index in [1.54, 1.807) is 35.8 Å². The summed E-state index contributed by atoms with van der Waals surface area (Å²) in [6, 6.07) is 8.12. The van der Waals surface area contributed by atoms with E-state index >= 15 is 0 Å². The molecule has 0 radical (unpaired) electrons. The molecule has 1 aliphatic rings. The number of likely N-dealkylation sites (N-methyl/N-ethyl adjacent to an activating group) is 1. The van der Waals surface area contributed by atoms with Gasteiger partial charge in [-0.05, 0) is 23.8 Å². The van der Waals surface area contributed by atoms with Crippen LogP contribution in [-0.4, -0.2) is 57.2 Å². The first-order chi connectivity index (χ1) is 13.3. The summed E-state index contributed by atoms with van der Waals surface area (Å²) in [4.78, 5) is 30.9. The van der Waals surface area contributed by atoms with Gasteiger partial charge in [-0.1, -0.05) is 0 Å². The van der Waals surface area contributed by atoms with Gasteiger partial charge in [0.15, 0.2) is 11.5 Å². The third-order valence-corrected chi connectivity index (χ3v) is 4.98. The maximum atomic E-state index is 12.1. The number of anilines is 2. The van der Waals surface area contributed by atoms with Gasteiger partial charge in [0.05, 0.1) is 16.9 Å². The van der Waals surface area contributed by atoms with Gasteiger partial charge in [-0.15, -0.1) is 0 Å². The van der Waals surface area contributed by atoms with Crippen LogP contribution in [0.15, 0.2) is 30.3 Å². The van der Waals surface area contributed by atoms with Crippen molar-refractivity contribution in [3.63, 3.8) is 0 Å². The van der Waals surface area contributed by atoms with Crippen molar-refractivity contribution in [1.29, 1.82) is 0 Å². The predicted octanol–water partition coefficient (Wildman–Crippen LogP) is 1.40. The lowest BCUT2D eigenvalue weighted by Gasteiger charge is -2.33. The summed E-state index contributed by atoms with van der Waals surface area (Å²) in [5, 5.41) is 15.9. The maximum absolute atomic E-state index is 12.1. The number of fused-ring (bicyclic) bond motifs is 1. The molecule has 3 aromatic rings. The van der Waals surface area contributed by atoms with E-state index in [-0.39, 0.29) is 18.1 Å². The second-order valence-corrected chi connectivity index (χ2v) is 6.78. The zero-order chi connectivity index (χ0) is 20.0. The Balaban J connectivity index is 1.86. The fraction of sp³-hybridized carbons (Fsp3) is 0.278. The zero-order valence-corrected chi connectivity index (χ0v) is 15.5. The first kappa shape index (κ1) is 17.7. The van der Waals surface area contributed by atoms with E-state index in [0.29, 0.717) is 35.8 Å². The number of nitrogens with zero attached hydrogens (tertiary/aromatic N) is 6. The zero-order valence-electron chi connectivity index (χ0n) is 15.5. The molecule has 0 saturated carbocycles. The Morgan fingerprint density at radius 1 is 1.18 bits per heavy atom. The second kappa shape index (κ2) is 6.48. The van der Waals surface area contributed by atoms with Crippen LogP contribution in [0.3, 0.4) is 0 Å². The summed E-state index contributed by atoms with van der Waals surface area (Å²) in [5.74, 6) is 0.999. The number of nitrogen functional groups attached to an aromatic ring is 1. The van der Waals surface area contributed by atoms with E-state index in [1.165, 1.54) is 12.1 Å². The van der Waals surface area contributed by atoms with Crippen LogP contribution < -0.4 is 10.6 Å². The summed E-state index contributed by atoms with van der Waals surface area (Å²) < 4.78 is 1.60. The number of nitrogens with two attached hydrogens (primary N) is 1. The number of piperazine rings is 1. The first-order valence-corrected chi connectivity index (χ1v) is 8.72. The summed E-state index contributed by atoms with van der Waals surface area (Å²) in [6.07, 6.45) is 0. The van der Waals surface area contributed by atoms with Crippen LogP contribution in [0.2, 0.25) is 0 Å². The normalized spacial score (nSPS) is 14.7. The molecule has 0 atom stereocenters. The smallest absolute Gasteiger partial charge is 0.269 e. The molecule has 2 N–H and O–H groups in total. The van der Waals surface area contributed by atoms with Gasteiger partial charge < -0.3 is 15.5 Å². The molecule has 28 heavy (non-hydrogen) atoms. The minimum absolute atomic E-state index is 0.0121. The van der Waals surface area contributed by atoms with Gasteiger partial charge >= 0.3 is 0 Å². The van der Waals surface area contributed by atoms with Crippen LogP contribution in [0.5, 0.6) is 0 Å². The molecule has 1 amide bonds. The van der Waals surface area contributed by atoms with Gasteiger partial charge in [0.1, 0.15) is 5.82 Å². The molecule has 0 bridgehead atoms. The topological polar surface area (TPSA) is 123 Å². The van der Waals surface area contributed by atoms with Crippen LogP contribution >= 0.6 is 0 Å². The molecule has 1 aliphatic heterocycles. The van der Waals surface area contributed by atoms with Crippen molar-refractivity contribution < 1.29 is 9.72 Å². The number of hydrogen-bond donors (Lipinski definition) is 1. The van der Waals surface area contributed by atoms with E-state index in [4.69, 9.17) is 5.73 Å². The highest BCUT2D eigenvalue weighted by atomic mass is 16.6. The largest absolute Gasteiger partial charge is 0.382 e. The molecule has 1 aromatic carbocycles. The first-order valence-electron chi connectivity index (χ1n) is 8.72. The molecule has 0 aliphatic carbocycles. The number of carbonyl (C=O) groups is 1. The number of hydrogen-bond acceptors (Lipinski definition) is 7. The molecular formula is C18H19N7O3. The molecule has 144 valence electrons. The molecule has 10 heteroatoms. The Bertz CT molecular complexity index is 1090. The average Bonchev–Trinajstić information content (AvgIpc) is 2.97. The minimum atomic E-state index is -0.439. The van der Waals surface area contributed by atoms with Gasteiger partial charge in [0, 0.05) is 44.9 Å². The van der Waals surface area contributed by atoms with Crippen molar-refractivity contribution in [2.45, 2.75) is 0 Å².